The van der Waals surface area contributed by atoms with Gasteiger partial charge >= 0.3 is 0 Å². The Balaban J connectivity index is 2.51. The molecule has 1 amide bonds. The number of nitrogens with one attached hydrogen (secondary N) is 1. The average molecular weight is 271 g/mol. The van der Waals surface area contributed by atoms with Crippen molar-refractivity contribution in [1.82, 2.24) is 5.32 Å². The molecule has 0 fully saturated rings. The largest absolute Gasteiger partial charge is 0.383 e. The number of alkyl halides is 1. The SMILES string of the molecule is COCC(Cl)CNC(=O)c1ccc(N(C)C)cc1. The molecule has 18 heavy (non-hydrogen) atoms. The normalized spacial score (nSPS) is 12.0. The van der Waals surface area contributed by atoms with Gasteiger partial charge in [0.05, 0.1) is 12.0 Å². The summed E-state index contributed by atoms with van der Waals surface area (Å²) < 4.78 is 4.89. The quantitative estimate of drug-likeness (QED) is 0.801. The molecule has 0 saturated heterocycles. The van der Waals surface area contributed by atoms with Gasteiger partial charge in [-0.3, -0.25) is 4.79 Å². The first-order valence-corrected chi connectivity index (χ1v) is 6.17. The van der Waals surface area contributed by atoms with Crippen molar-refractivity contribution in [3.63, 3.8) is 0 Å². The zero-order valence-corrected chi connectivity index (χ0v) is 11.7. The summed E-state index contributed by atoms with van der Waals surface area (Å²) in [5.74, 6) is -0.123. The molecule has 1 aromatic rings. The van der Waals surface area contributed by atoms with Crippen LogP contribution in [0.4, 0.5) is 5.69 Å². The van der Waals surface area contributed by atoms with Gasteiger partial charge in [0, 0.05) is 39.0 Å². The van der Waals surface area contributed by atoms with Crippen LogP contribution in [0.5, 0.6) is 0 Å². The van der Waals surface area contributed by atoms with Crippen molar-refractivity contribution in [2.75, 3.05) is 39.3 Å². The minimum absolute atomic E-state index is 0.123. The summed E-state index contributed by atoms with van der Waals surface area (Å²) in [5, 5.41) is 2.56. The fraction of sp³-hybridized carbons (Fsp3) is 0.462. The lowest BCUT2D eigenvalue weighted by Gasteiger charge is -2.13. The number of carbonyl (C=O) groups excluding carboxylic acids is 1. The van der Waals surface area contributed by atoms with Crippen LogP contribution in [-0.2, 0) is 4.74 Å². The topological polar surface area (TPSA) is 41.6 Å². The summed E-state index contributed by atoms with van der Waals surface area (Å²) in [6, 6.07) is 7.40. The molecule has 0 heterocycles. The average Bonchev–Trinajstić information content (AvgIpc) is 2.36. The second-order valence-electron chi connectivity index (χ2n) is 4.20. The van der Waals surface area contributed by atoms with Gasteiger partial charge in [-0.2, -0.15) is 0 Å². The molecule has 100 valence electrons. The van der Waals surface area contributed by atoms with E-state index in [1.54, 1.807) is 19.2 Å². The first kappa shape index (κ1) is 14.8. The molecule has 0 aromatic heterocycles. The maximum atomic E-state index is 11.8. The smallest absolute Gasteiger partial charge is 0.251 e. The van der Waals surface area contributed by atoms with Gasteiger partial charge < -0.3 is 15.0 Å². The lowest BCUT2D eigenvalue weighted by molar-refractivity contribution is 0.0949. The van der Waals surface area contributed by atoms with Gasteiger partial charge in [0.1, 0.15) is 0 Å². The lowest BCUT2D eigenvalue weighted by atomic mass is 10.2. The van der Waals surface area contributed by atoms with Crippen LogP contribution in [0, 0.1) is 0 Å². The first-order valence-electron chi connectivity index (χ1n) is 5.73. The van der Waals surface area contributed by atoms with Crippen molar-refractivity contribution in [3.8, 4) is 0 Å². The van der Waals surface area contributed by atoms with E-state index in [1.165, 1.54) is 0 Å². The van der Waals surface area contributed by atoms with Crippen molar-refractivity contribution in [2.45, 2.75) is 5.38 Å². The minimum atomic E-state index is -0.208. The summed E-state index contributed by atoms with van der Waals surface area (Å²) >= 11 is 5.93. The van der Waals surface area contributed by atoms with Crippen molar-refractivity contribution in [3.05, 3.63) is 29.8 Å². The summed E-state index contributed by atoms with van der Waals surface area (Å²) in [6.45, 7) is 0.811. The van der Waals surface area contributed by atoms with E-state index in [4.69, 9.17) is 16.3 Å². The van der Waals surface area contributed by atoms with Crippen molar-refractivity contribution in [1.29, 1.82) is 0 Å². The fourth-order valence-corrected chi connectivity index (χ4v) is 1.66. The van der Waals surface area contributed by atoms with Crippen molar-refractivity contribution in [2.24, 2.45) is 0 Å². The highest BCUT2D eigenvalue weighted by Crippen LogP contribution is 2.12. The number of anilines is 1. The molecule has 0 aliphatic carbocycles. The third-order valence-corrected chi connectivity index (χ3v) is 2.76. The van der Waals surface area contributed by atoms with Crippen LogP contribution in [0.2, 0.25) is 0 Å². The predicted octanol–water partition coefficient (Wildman–Crippen LogP) is 1.74. The van der Waals surface area contributed by atoms with E-state index in [1.807, 2.05) is 31.1 Å². The number of halogens is 1. The second kappa shape index (κ2) is 7.24. The summed E-state index contributed by atoms with van der Waals surface area (Å²) in [4.78, 5) is 13.8. The molecule has 1 N–H and O–H groups in total. The molecule has 0 aliphatic heterocycles. The molecule has 1 aromatic carbocycles. The zero-order chi connectivity index (χ0) is 13.5. The maximum Gasteiger partial charge on any atom is 0.251 e. The first-order chi connectivity index (χ1) is 8.54. The number of nitrogens with zero attached hydrogens (tertiary/aromatic N) is 1. The van der Waals surface area contributed by atoms with Gasteiger partial charge in [-0.25, -0.2) is 0 Å². The highest BCUT2D eigenvalue weighted by molar-refractivity contribution is 6.21. The number of ether oxygens (including phenoxy) is 1. The minimum Gasteiger partial charge on any atom is -0.383 e. The molecule has 0 bridgehead atoms. The Morgan fingerprint density at radius 2 is 2.00 bits per heavy atom. The van der Waals surface area contributed by atoms with E-state index in [0.717, 1.165) is 5.69 Å². The van der Waals surface area contributed by atoms with Crippen molar-refractivity contribution >= 4 is 23.2 Å². The Morgan fingerprint density at radius 1 is 1.39 bits per heavy atom. The van der Waals surface area contributed by atoms with E-state index in [-0.39, 0.29) is 11.3 Å². The molecule has 1 unspecified atom stereocenters. The summed E-state index contributed by atoms with van der Waals surface area (Å²) in [5.41, 5.74) is 1.68. The van der Waals surface area contributed by atoms with Gasteiger partial charge in [-0.1, -0.05) is 0 Å². The van der Waals surface area contributed by atoms with Crippen molar-refractivity contribution < 1.29 is 9.53 Å². The maximum absolute atomic E-state index is 11.8. The zero-order valence-electron chi connectivity index (χ0n) is 10.9. The third-order valence-electron chi connectivity index (χ3n) is 2.48. The third kappa shape index (κ3) is 4.55. The molecule has 0 saturated carbocycles. The van der Waals surface area contributed by atoms with E-state index in [0.29, 0.717) is 18.7 Å². The van der Waals surface area contributed by atoms with Gasteiger partial charge in [0.25, 0.3) is 5.91 Å². The standard InChI is InChI=1S/C13H19ClN2O2/c1-16(2)12-6-4-10(5-7-12)13(17)15-8-11(14)9-18-3/h4-7,11H,8-9H2,1-3H3,(H,15,17). The number of methoxy groups -OCH3 is 1. The summed E-state index contributed by atoms with van der Waals surface area (Å²) in [7, 11) is 5.49. The van der Waals surface area contributed by atoms with E-state index < -0.39 is 0 Å². The van der Waals surface area contributed by atoms with E-state index >= 15 is 0 Å². The number of hydrogen-bond donors (Lipinski definition) is 1. The molecular weight excluding hydrogens is 252 g/mol. The highest BCUT2D eigenvalue weighted by Gasteiger charge is 2.09. The van der Waals surface area contributed by atoms with Crippen LogP contribution >= 0.6 is 11.6 Å². The Labute approximate surface area is 113 Å². The number of amides is 1. The molecule has 0 aliphatic rings. The molecular formula is C13H19ClN2O2. The molecule has 1 rings (SSSR count). The Hall–Kier alpha value is -1.26. The second-order valence-corrected chi connectivity index (χ2v) is 4.82. The Morgan fingerprint density at radius 3 is 2.50 bits per heavy atom. The molecule has 1 atom stereocenters. The predicted molar refractivity (Wildman–Crippen MR) is 74.6 cm³/mol. The highest BCUT2D eigenvalue weighted by atomic mass is 35.5. The number of carbonyl (C=O) groups is 1. The van der Waals surface area contributed by atoms with Gasteiger partial charge in [0.15, 0.2) is 0 Å². The summed E-state index contributed by atoms with van der Waals surface area (Å²) in [6.07, 6.45) is 0. The molecule has 5 heteroatoms. The van der Waals surface area contributed by atoms with Crippen LogP contribution < -0.4 is 10.2 Å². The Kier molecular flexibility index (Phi) is 5.95. The molecule has 4 nitrogen and oxygen atoms in total. The van der Waals surface area contributed by atoms with Gasteiger partial charge in [0.2, 0.25) is 0 Å². The van der Waals surface area contributed by atoms with Crippen LogP contribution in [0.1, 0.15) is 10.4 Å². The van der Waals surface area contributed by atoms with Crippen LogP contribution in [-0.4, -0.2) is 45.6 Å². The Bertz CT molecular complexity index is 379. The van der Waals surface area contributed by atoms with Crippen LogP contribution in [0.15, 0.2) is 24.3 Å². The van der Waals surface area contributed by atoms with Gasteiger partial charge in [-0.05, 0) is 24.3 Å². The molecule has 0 radical (unpaired) electrons. The number of rotatable bonds is 6. The fourth-order valence-electron chi connectivity index (χ4n) is 1.46. The van der Waals surface area contributed by atoms with Gasteiger partial charge in [-0.15, -0.1) is 11.6 Å². The van der Waals surface area contributed by atoms with Crippen LogP contribution in [0.25, 0.3) is 0 Å². The monoisotopic (exact) mass is 270 g/mol. The number of benzene rings is 1. The number of hydrogen-bond acceptors (Lipinski definition) is 3. The lowest BCUT2D eigenvalue weighted by Crippen LogP contribution is -2.31. The molecule has 0 spiro atoms. The van der Waals surface area contributed by atoms with E-state index in [9.17, 15) is 4.79 Å². The van der Waals surface area contributed by atoms with E-state index in [2.05, 4.69) is 5.32 Å². The van der Waals surface area contributed by atoms with Crippen LogP contribution in [0.3, 0.4) is 0 Å².